The predicted molar refractivity (Wildman–Crippen MR) is 144 cm³/mol. The zero-order valence-corrected chi connectivity index (χ0v) is 22.9. The Morgan fingerprint density at radius 1 is 0.946 bits per heavy atom. The van der Waals surface area contributed by atoms with Gasteiger partial charge in [0.05, 0.1) is 36.7 Å². The predicted octanol–water partition coefficient (Wildman–Crippen LogP) is 3.87. The number of ether oxygens (including phenoxy) is 2. The quantitative estimate of drug-likeness (QED) is 0.380. The van der Waals surface area contributed by atoms with E-state index < -0.39 is 32.5 Å². The van der Waals surface area contributed by atoms with Crippen molar-refractivity contribution < 1.29 is 31.1 Å². The van der Waals surface area contributed by atoms with Crippen molar-refractivity contribution in [3.63, 3.8) is 0 Å². The van der Waals surface area contributed by atoms with E-state index in [1.54, 1.807) is 31.2 Å². The molecule has 3 rings (SSSR count). The van der Waals surface area contributed by atoms with Gasteiger partial charge in [-0.25, -0.2) is 16.8 Å². The number of methoxy groups -OCH3 is 2. The van der Waals surface area contributed by atoms with Crippen LogP contribution in [0.15, 0.2) is 65.6 Å². The van der Waals surface area contributed by atoms with Crippen molar-refractivity contribution in [1.29, 1.82) is 0 Å². The molecule has 0 saturated heterocycles. The number of aryl methyl sites for hydroxylation is 1. The Labute approximate surface area is 221 Å². The van der Waals surface area contributed by atoms with Gasteiger partial charge in [0.25, 0.3) is 10.0 Å². The van der Waals surface area contributed by atoms with Crippen molar-refractivity contribution >= 4 is 54.6 Å². The van der Waals surface area contributed by atoms with Crippen LogP contribution in [-0.4, -0.2) is 49.8 Å². The second-order valence-corrected chi connectivity index (χ2v) is 11.9. The molecule has 13 heteroatoms. The standard InChI is InChI=1S/C24H26ClN3O7S2/c1-16-5-8-18(13-21(16)25)28(36(4,30)31)15-24(29)26-17-6-10-20(11-7-17)37(32,33)27-22-14-19(34-2)9-12-23(22)35-3/h5-14,27H,15H2,1-4H3,(H,26,29). The molecule has 0 unspecified atom stereocenters. The molecule has 10 nitrogen and oxygen atoms in total. The summed E-state index contributed by atoms with van der Waals surface area (Å²) < 4.78 is 64.1. The highest BCUT2D eigenvalue weighted by molar-refractivity contribution is 7.92. The molecule has 0 aromatic heterocycles. The van der Waals surface area contributed by atoms with Gasteiger partial charge >= 0.3 is 0 Å². The van der Waals surface area contributed by atoms with Gasteiger partial charge in [0.1, 0.15) is 18.0 Å². The van der Waals surface area contributed by atoms with E-state index in [1.165, 1.54) is 50.6 Å². The lowest BCUT2D eigenvalue weighted by molar-refractivity contribution is -0.114. The SMILES string of the molecule is COc1ccc(OC)c(NS(=O)(=O)c2ccc(NC(=O)CN(c3ccc(C)c(Cl)c3)S(C)(=O)=O)cc2)c1. The number of nitrogens with zero attached hydrogens (tertiary/aromatic N) is 1. The molecule has 3 aromatic carbocycles. The minimum atomic E-state index is -4.00. The zero-order valence-electron chi connectivity index (χ0n) is 20.5. The van der Waals surface area contributed by atoms with Crippen LogP contribution in [0.3, 0.4) is 0 Å². The summed E-state index contributed by atoms with van der Waals surface area (Å²) in [6.07, 6.45) is 0.984. The van der Waals surface area contributed by atoms with Gasteiger partial charge < -0.3 is 14.8 Å². The summed E-state index contributed by atoms with van der Waals surface area (Å²) in [5.74, 6) is 0.114. The Kier molecular flexibility index (Phi) is 8.57. The molecule has 0 aliphatic rings. The highest BCUT2D eigenvalue weighted by Crippen LogP contribution is 2.31. The van der Waals surface area contributed by atoms with E-state index >= 15 is 0 Å². The minimum absolute atomic E-state index is 0.0672. The van der Waals surface area contributed by atoms with E-state index in [0.29, 0.717) is 16.5 Å². The molecule has 0 heterocycles. The molecule has 0 bridgehead atoms. The Bertz CT molecular complexity index is 1510. The fourth-order valence-corrected chi connectivity index (χ4v) is 5.37. The van der Waals surface area contributed by atoms with E-state index in [4.69, 9.17) is 21.1 Å². The van der Waals surface area contributed by atoms with Crippen LogP contribution in [0.2, 0.25) is 5.02 Å². The van der Waals surface area contributed by atoms with E-state index in [0.717, 1.165) is 16.1 Å². The number of sulfonamides is 2. The summed E-state index contributed by atoms with van der Waals surface area (Å²) in [6, 6.07) is 14.8. The molecule has 198 valence electrons. The largest absolute Gasteiger partial charge is 0.497 e. The molecule has 0 aliphatic carbocycles. The first-order valence-corrected chi connectivity index (χ1v) is 14.4. The molecular formula is C24H26ClN3O7S2. The first-order valence-electron chi connectivity index (χ1n) is 10.7. The van der Waals surface area contributed by atoms with Gasteiger partial charge in [-0.05, 0) is 61.0 Å². The maximum Gasteiger partial charge on any atom is 0.262 e. The number of carbonyl (C=O) groups excluding carboxylic acids is 1. The lowest BCUT2D eigenvalue weighted by atomic mass is 10.2. The van der Waals surface area contributed by atoms with Crippen LogP contribution >= 0.6 is 11.6 Å². The molecule has 37 heavy (non-hydrogen) atoms. The van der Waals surface area contributed by atoms with Crippen molar-refractivity contribution in [2.75, 3.05) is 41.4 Å². The van der Waals surface area contributed by atoms with E-state index in [9.17, 15) is 21.6 Å². The van der Waals surface area contributed by atoms with Crippen LogP contribution in [0.1, 0.15) is 5.56 Å². The average molecular weight is 568 g/mol. The fourth-order valence-electron chi connectivity index (χ4n) is 3.28. The van der Waals surface area contributed by atoms with Crippen LogP contribution in [0.25, 0.3) is 0 Å². The summed E-state index contributed by atoms with van der Waals surface area (Å²) in [5, 5.41) is 2.94. The maximum absolute atomic E-state index is 12.9. The van der Waals surface area contributed by atoms with Gasteiger partial charge in [-0.15, -0.1) is 0 Å². The van der Waals surface area contributed by atoms with Crippen molar-refractivity contribution in [2.45, 2.75) is 11.8 Å². The molecule has 3 aromatic rings. The van der Waals surface area contributed by atoms with Crippen LogP contribution in [0, 0.1) is 6.92 Å². The Morgan fingerprint density at radius 2 is 1.62 bits per heavy atom. The molecule has 0 radical (unpaired) electrons. The zero-order chi connectivity index (χ0) is 27.4. The lowest BCUT2D eigenvalue weighted by Crippen LogP contribution is -2.37. The fraction of sp³-hybridized carbons (Fsp3) is 0.208. The first-order chi connectivity index (χ1) is 17.3. The summed E-state index contributed by atoms with van der Waals surface area (Å²) >= 11 is 6.12. The first kappa shape index (κ1) is 28.1. The number of rotatable bonds is 10. The molecule has 0 saturated carbocycles. The Hall–Kier alpha value is -3.48. The Morgan fingerprint density at radius 3 is 2.19 bits per heavy atom. The van der Waals surface area contributed by atoms with E-state index in [1.807, 2.05) is 0 Å². The second-order valence-electron chi connectivity index (χ2n) is 7.95. The summed E-state index contributed by atoms with van der Waals surface area (Å²) in [6.45, 7) is 1.27. The maximum atomic E-state index is 12.9. The number of carbonyl (C=O) groups is 1. The third kappa shape index (κ3) is 7.06. The van der Waals surface area contributed by atoms with Crippen molar-refractivity contribution in [1.82, 2.24) is 0 Å². The van der Waals surface area contributed by atoms with Crippen LogP contribution < -0.4 is 23.8 Å². The molecule has 1 amide bonds. The van der Waals surface area contributed by atoms with Crippen molar-refractivity contribution in [3.8, 4) is 11.5 Å². The highest BCUT2D eigenvalue weighted by Gasteiger charge is 2.22. The number of anilines is 3. The van der Waals surface area contributed by atoms with Crippen LogP contribution in [0.5, 0.6) is 11.5 Å². The van der Waals surface area contributed by atoms with Crippen molar-refractivity contribution in [3.05, 3.63) is 71.2 Å². The number of benzene rings is 3. The molecule has 0 spiro atoms. The monoisotopic (exact) mass is 567 g/mol. The van der Waals surface area contributed by atoms with E-state index in [-0.39, 0.29) is 22.0 Å². The lowest BCUT2D eigenvalue weighted by Gasteiger charge is -2.22. The third-order valence-electron chi connectivity index (χ3n) is 5.23. The smallest absolute Gasteiger partial charge is 0.262 e. The van der Waals surface area contributed by atoms with Gasteiger partial charge in [-0.3, -0.25) is 13.8 Å². The highest BCUT2D eigenvalue weighted by atomic mass is 35.5. The topological polar surface area (TPSA) is 131 Å². The molecule has 0 fully saturated rings. The molecule has 0 atom stereocenters. The van der Waals surface area contributed by atoms with Gasteiger partial charge in [-0.2, -0.15) is 0 Å². The van der Waals surface area contributed by atoms with Gasteiger partial charge in [0, 0.05) is 16.8 Å². The summed E-state index contributed by atoms with van der Waals surface area (Å²) in [7, 11) is -4.92. The second kappa shape index (κ2) is 11.3. The molecule has 0 aliphatic heterocycles. The van der Waals surface area contributed by atoms with Gasteiger partial charge in [0.2, 0.25) is 15.9 Å². The summed E-state index contributed by atoms with van der Waals surface area (Å²) in [4.78, 5) is 12.6. The minimum Gasteiger partial charge on any atom is -0.497 e. The molecular weight excluding hydrogens is 542 g/mol. The average Bonchev–Trinajstić information content (AvgIpc) is 2.83. The van der Waals surface area contributed by atoms with Gasteiger partial charge in [-0.1, -0.05) is 17.7 Å². The normalized spacial score (nSPS) is 11.5. The third-order valence-corrected chi connectivity index (χ3v) is 8.16. The number of hydrogen-bond donors (Lipinski definition) is 2. The van der Waals surface area contributed by atoms with Crippen LogP contribution in [-0.2, 0) is 24.8 Å². The molecule has 2 N–H and O–H groups in total. The van der Waals surface area contributed by atoms with Gasteiger partial charge in [0.15, 0.2) is 0 Å². The number of halogens is 1. The number of amides is 1. The number of nitrogens with one attached hydrogen (secondary N) is 2. The van der Waals surface area contributed by atoms with Crippen LogP contribution in [0.4, 0.5) is 17.1 Å². The van der Waals surface area contributed by atoms with E-state index in [2.05, 4.69) is 10.0 Å². The Balaban J connectivity index is 1.75. The number of hydrogen-bond acceptors (Lipinski definition) is 7. The summed E-state index contributed by atoms with van der Waals surface area (Å²) in [5.41, 5.74) is 1.47. The van der Waals surface area contributed by atoms with Crippen molar-refractivity contribution in [2.24, 2.45) is 0 Å².